The van der Waals surface area contributed by atoms with Gasteiger partial charge in [0, 0.05) is 63.4 Å². The molecule has 0 saturated carbocycles. The number of aromatic nitrogens is 1. The zero-order chi connectivity index (χ0) is 21.0. The second-order valence-electron chi connectivity index (χ2n) is 8.96. The maximum absolute atomic E-state index is 13.0. The molecule has 0 radical (unpaired) electrons. The fraction of sp³-hybridized carbons (Fsp3) is 0.458. The van der Waals surface area contributed by atoms with Crippen molar-refractivity contribution in [3.63, 3.8) is 0 Å². The van der Waals surface area contributed by atoms with Gasteiger partial charge in [-0.25, -0.2) is 0 Å². The van der Waals surface area contributed by atoms with Gasteiger partial charge in [0.05, 0.1) is 0 Å². The lowest BCUT2D eigenvalue weighted by Crippen LogP contribution is -2.48. The Hall–Kier alpha value is -2.89. The third-order valence-corrected chi connectivity index (χ3v) is 6.91. The molecule has 6 heteroatoms. The van der Waals surface area contributed by atoms with Crippen molar-refractivity contribution in [1.29, 1.82) is 0 Å². The summed E-state index contributed by atoms with van der Waals surface area (Å²) in [6.45, 7) is 6.12. The van der Waals surface area contributed by atoms with Crippen LogP contribution in [0, 0.1) is 5.92 Å². The molecule has 0 aliphatic carbocycles. The van der Waals surface area contributed by atoms with Gasteiger partial charge in [0.2, 0.25) is 11.8 Å². The molecule has 2 atom stereocenters. The van der Waals surface area contributed by atoms with Gasteiger partial charge in [-0.2, -0.15) is 0 Å². The number of carbonyl (C=O) groups excluding carboxylic acids is 2. The Kier molecular flexibility index (Phi) is 4.53. The molecule has 4 heterocycles. The Morgan fingerprint density at radius 1 is 0.967 bits per heavy atom. The number of anilines is 1. The predicted octanol–water partition coefficient (Wildman–Crippen LogP) is 2.78. The first-order valence-electron chi connectivity index (χ1n) is 10.8. The van der Waals surface area contributed by atoms with Crippen molar-refractivity contribution in [2.45, 2.75) is 45.6 Å². The minimum absolute atomic E-state index is 0.0385. The summed E-state index contributed by atoms with van der Waals surface area (Å²) in [5, 5.41) is 0. The number of carbonyl (C=O) groups is 2. The van der Waals surface area contributed by atoms with Crippen molar-refractivity contribution in [2.75, 3.05) is 24.5 Å². The quantitative estimate of drug-likeness (QED) is 0.733. The Balaban J connectivity index is 1.54. The van der Waals surface area contributed by atoms with E-state index in [2.05, 4.69) is 12.1 Å². The summed E-state index contributed by atoms with van der Waals surface area (Å²) in [7, 11) is 0. The number of hydrogen-bond acceptors (Lipinski definition) is 3. The fourth-order valence-corrected chi connectivity index (χ4v) is 5.49. The largest absolute Gasteiger partial charge is 0.342 e. The van der Waals surface area contributed by atoms with Crippen molar-refractivity contribution in [3.8, 4) is 11.1 Å². The highest BCUT2D eigenvalue weighted by atomic mass is 16.2. The maximum Gasteiger partial charge on any atom is 0.251 e. The number of hydrogen-bond donors (Lipinski definition) is 0. The molecule has 2 aromatic rings. The predicted molar refractivity (Wildman–Crippen MR) is 116 cm³/mol. The van der Waals surface area contributed by atoms with Crippen molar-refractivity contribution in [2.24, 2.45) is 5.92 Å². The van der Waals surface area contributed by atoms with Crippen LogP contribution in [0.4, 0.5) is 5.69 Å². The summed E-state index contributed by atoms with van der Waals surface area (Å²) >= 11 is 0. The maximum atomic E-state index is 13.0. The van der Waals surface area contributed by atoms with Crippen LogP contribution >= 0.6 is 0 Å². The monoisotopic (exact) mass is 405 g/mol. The molecule has 6 nitrogen and oxygen atoms in total. The van der Waals surface area contributed by atoms with Crippen LogP contribution < -0.4 is 10.5 Å². The third kappa shape index (κ3) is 3.15. The summed E-state index contributed by atoms with van der Waals surface area (Å²) in [6, 6.07) is 10.0. The van der Waals surface area contributed by atoms with E-state index in [1.54, 1.807) is 19.9 Å². The van der Waals surface area contributed by atoms with Crippen LogP contribution in [0.15, 0.2) is 35.1 Å². The van der Waals surface area contributed by atoms with E-state index in [1.807, 2.05) is 26.5 Å². The lowest BCUT2D eigenvalue weighted by molar-refractivity contribution is -0.131. The lowest BCUT2D eigenvalue weighted by atomic mass is 9.82. The van der Waals surface area contributed by atoms with E-state index in [-0.39, 0.29) is 23.3 Å². The van der Waals surface area contributed by atoms with Crippen LogP contribution in [-0.2, 0) is 22.6 Å². The second kappa shape index (κ2) is 7.11. The fourth-order valence-electron chi connectivity index (χ4n) is 5.49. The van der Waals surface area contributed by atoms with Gasteiger partial charge in [-0.1, -0.05) is 6.07 Å². The number of aryl methyl sites for hydroxylation is 1. The van der Waals surface area contributed by atoms with Crippen molar-refractivity contribution in [1.82, 2.24) is 9.47 Å². The molecule has 3 aliphatic rings. The Bertz CT molecular complexity index is 1100. The molecule has 3 aliphatic heterocycles. The average molecular weight is 405 g/mol. The standard InChI is InChI=1S/C24H27N3O3/c1-15(28)25-12-17-8-21(14-25)23-10-20(11-24(30)27(23)13-17)18-5-6-22-19(9-18)4-3-7-26(22)16(2)29/h5-6,9-11,17,21H,3-4,7-8,12-14H2,1-2H3/t17-,21+/m0/s1. The van der Waals surface area contributed by atoms with Crippen LogP contribution in [0.25, 0.3) is 11.1 Å². The van der Waals surface area contributed by atoms with Crippen molar-refractivity contribution in [3.05, 3.63) is 51.9 Å². The molecule has 0 N–H and O–H groups in total. The number of nitrogens with zero attached hydrogens (tertiary/aromatic N) is 3. The van der Waals surface area contributed by atoms with Crippen LogP contribution in [0.5, 0.6) is 0 Å². The van der Waals surface area contributed by atoms with Gasteiger partial charge >= 0.3 is 0 Å². The molecule has 0 unspecified atom stereocenters. The summed E-state index contributed by atoms with van der Waals surface area (Å²) in [5.74, 6) is 0.740. The van der Waals surface area contributed by atoms with E-state index >= 15 is 0 Å². The number of pyridine rings is 1. The van der Waals surface area contributed by atoms with E-state index in [0.29, 0.717) is 19.0 Å². The van der Waals surface area contributed by atoms with Crippen LogP contribution in [0.1, 0.15) is 43.9 Å². The summed E-state index contributed by atoms with van der Waals surface area (Å²) in [6.07, 6.45) is 2.92. The first-order chi connectivity index (χ1) is 14.4. The number of fused-ring (bicyclic) bond motifs is 5. The molecule has 2 bridgehead atoms. The average Bonchev–Trinajstić information content (AvgIpc) is 2.73. The third-order valence-electron chi connectivity index (χ3n) is 6.91. The van der Waals surface area contributed by atoms with Gasteiger partial charge in [-0.3, -0.25) is 14.4 Å². The highest BCUT2D eigenvalue weighted by molar-refractivity contribution is 5.93. The molecule has 1 fully saturated rings. The van der Waals surface area contributed by atoms with E-state index in [1.165, 1.54) is 0 Å². The molecule has 5 rings (SSSR count). The van der Waals surface area contributed by atoms with Crippen molar-refractivity contribution >= 4 is 17.5 Å². The normalized spacial score (nSPS) is 22.3. The van der Waals surface area contributed by atoms with E-state index in [9.17, 15) is 14.4 Å². The minimum atomic E-state index is 0.0385. The number of rotatable bonds is 1. The van der Waals surface area contributed by atoms with Gasteiger partial charge in [-0.15, -0.1) is 0 Å². The number of piperidine rings is 1. The molecule has 156 valence electrons. The number of likely N-dealkylation sites (tertiary alicyclic amines) is 1. The van der Waals surface area contributed by atoms with E-state index < -0.39 is 0 Å². The summed E-state index contributed by atoms with van der Waals surface area (Å²) in [4.78, 5) is 40.6. The SMILES string of the molecule is CC(=O)N1C[C@@H]2C[C@H](C1)c1cc(-c3ccc4c(c3)CCCN4C(C)=O)cc(=O)n1C2. The Morgan fingerprint density at radius 3 is 2.57 bits per heavy atom. The molecule has 1 aromatic carbocycles. The summed E-state index contributed by atoms with van der Waals surface area (Å²) < 4.78 is 1.91. The first kappa shape index (κ1) is 19.1. The van der Waals surface area contributed by atoms with Gasteiger partial charge in [0.1, 0.15) is 0 Å². The summed E-state index contributed by atoms with van der Waals surface area (Å²) in [5.41, 5.74) is 5.17. The molecule has 30 heavy (non-hydrogen) atoms. The van der Waals surface area contributed by atoms with Crippen LogP contribution in [0.2, 0.25) is 0 Å². The van der Waals surface area contributed by atoms with Crippen LogP contribution in [0.3, 0.4) is 0 Å². The van der Waals surface area contributed by atoms with E-state index in [4.69, 9.17) is 0 Å². The molecule has 2 amide bonds. The zero-order valence-electron chi connectivity index (χ0n) is 17.6. The van der Waals surface area contributed by atoms with Crippen LogP contribution in [-0.4, -0.2) is 40.9 Å². The van der Waals surface area contributed by atoms with Gasteiger partial charge < -0.3 is 14.4 Å². The highest BCUT2D eigenvalue weighted by Crippen LogP contribution is 2.37. The molecule has 1 aromatic heterocycles. The lowest BCUT2D eigenvalue weighted by Gasteiger charge is -2.42. The minimum Gasteiger partial charge on any atom is -0.342 e. The molecule has 1 saturated heterocycles. The van der Waals surface area contributed by atoms with Gasteiger partial charge in [0.15, 0.2) is 0 Å². The molecular formula is C24H27N3O3. The smallest absolute Gasteiger partial charge is 0.251 e. The second-order valence-corrected chi connectivity index (χ2v) is 8.96. The van der Waals surface area contributed by atoms with Gasteiger partial charge in [0.25, 0.3) is 5.56 Å². The first-order valence-corrected chi connectivity index (χ1v) is 10.8. The molecular weight excluding hydrogens is 378 g/mol. The Morgan fingerprint density at radius 2 is 1.80 bits per heavy atom. The highest BCUT2D eigenvalue weighted by Gasteiger charge is 2.35. The van der Waals surface area contributed by atoms with Crippen molar-refractivity contribution < 1.29 is 9.59 Å². The van der Waals surface area contributed by atoms with E-state index in [0.717, 1.165) is 60.4 Å². The number of amides is 2. The van der Waals surface area contributed by atoms with Gasteiger partial charge in [-0.05, 0) is 60.1 Å². The number of benzene rings is 1. The Labute approximate surface area is 176 Å². The molecule has 0 spiro atoms. The topological polar surface area (TPSA) is 62.6 Å². The zero-order valence-corrected chi connectivity index (χ0v) is 17.6.